The van der Waals surface area contributed by atoms with Gasteiger partial charge < -0.3 is 9.64 Å². The van der Waals surface area contributed by atoms with Crippen molar-refractivity contribution < 1.29 is 18.8 Å². The number of pyridine rings is 1. The number of carbonyl (C=O) groups excluding carboxylic acids is 2. The van der Waals surface area contributed by atoms with Crippen molar-refractivity contribution in [3.8, 4) is 0 Å². The van der Waals surface area contributed by atoms with Gasteiger partial charge >= 0.3 is 12.1 Å². The second kappa shape index (κ2) is 7.84. The number of nitrogens with zero attached hydrogens (tertiary/aromatic N) is 4. The zero-order valence-corrected chi connectivity index (χ0v) is 16.7. The van der Waals surface area contributed by atoms with Gasteiger partial charge in [0.05, 0.1) is 13.1 Å². The van der Waals surface area contributed by atoms with E-state index in [1.54, 1.807) is 12.4 Å². The van der Waals surface area contributed by atoms with E-state index in [0.29, 0.717) is 26.2 Å². The Morgan fingerprint density at radius 3 is 2.15 bits per heavy atom. The highest BCUT2D eigenvalue weighted by atomic mass is 16.6. The van der Waals surface area contributed by atoms with Crippen molar-refractivity contribution in [2.24, 2.45) is 0 Å². The van der Waals surface area contributed by atoms with E-state index in [2.05, 4.69) is 9.88 Å². The number of ether oxygens (including phenoxy) is 1. The summed E-state index contributed by atoms with van der Waals surface area (Å²) in [7, 11) is 0. The summed E-state index contributed by atoms with van der Waals surface area (Å²) in [6.45, 7) is 9.37. The fourth-order valence-electron chi connectivity index (χ4n) is 3.83. The van der Waals surface area contributed by atoms with Crippen LogP contribution >= 0.6 is 0 Å². The van der Waals surface area contributed by atoms with Crippen molar-refractivity contribution in [2.45, 2.75) is 45.6 Å². The van der Waals surface area contributed by atoms with Crippen molar-refractivity contribution in [3.05, 3.63) is 24.5 Å². The van der Waals surface area contributed by atoms with Gasteiger partial charge in [-0.3, -0.25) is 9.88 Å². The standard InChI is InChI=1S/C20H31N4O3/c1-20(2,3)27-19(26)24(15-5-4-6-16-24)18(25)23-13-11-22(12-14-23)17-7-9-21-10-8-17/h7-10H,4-6,11-16H2,1-3H3/q+1. The lowest BCUT2D eigenvalue weighted by Crippen LogP contribution is -2.66. The van der Waals surface area contributed by atoms with Gasteiger partial charge in [0, 0.05) is 44.3 Å². The molecule has 0 N–H and O–H groups in total. The minimum Gasteiger partial charge on any atom is -0.414 e. The van der Waals surface area contributed by atoms with Gasteiger partial charge in [0.2, 0.25) is 0 Å². The third-order valence-electron chi connectivity index (χ3n) is 5.27. The van der Waals surface area contributed by atoms with Crippen LogP contribution < -0.4 is 4.90 Å². The maximum atomic E-state index is 13.4. The molecule has 0 spiro atoms. The number of imide groups is 1. The Bertz CT molecular complexity index is 658. The van der Waals surface area contributed by atoms with Crippen molar-refractivity contribution in [3.63, 3.8) is 0 Å². The van der Waals surface area contributed by atoms with Crippen LogP contribution in [0.25, 0.3) is 0 Å². The molecule has 2 saturated heterocycles. The largest absolute Gasteiger partial charge is 0.525 e. The molecule has 3 heterocycles. The minimum absolute atomic E-state index is 0.0988. The molecule has 0 aliphatic carbocycles. The average molecular weight is 375 g/mol. The molecule has 2 aliphatic rings. The molecule has 3 rings (SSSR count). The summed E-state index contributed by atoms with van der Waals surface area (Å²) >= 11 is 0. The first kappa shape index (κ1) is 19.6. The molecule has 0 radical (unpaired) electrons. The highest BCUT2D eigenvalue weighted by molar-refractivity contribution is 5.80. The predicted octanol–water partition coefficient (Wildman–Crippen LogP) is 3.26. The van der Waals surface area contributed by atoms with E-state index < -0.39 is 11.7 Å². The van der Waals surface area contributed by atoms with E-state index in [1.807, 2.05) is 37.8 Å². The van der Waals surface area contributed by atoms with Gasteiger partial charge in [-0.1, -0.05) is 0 Å². The van der Waals surface area contributed by atoms with Crippen LogP contribution in [0.15, 0.2) is 24.5 Å². The van der Waals surface area contributed by atoms with E-state index in [9.17, 15) is 9.59 Å². The number of amides is 3. The number of hydrogen-bond donors (Lipinski definition) is 0. The molecule has 2 aliphatic heterocycles. The smallest absolute Gasteiger partial charge is 0.414 e. The molecule has 0 unspecified atom stereocenters. The fraction of sp³-hybridized carbons (Fsp3) is 0.650. The second-order valence-corrected chi connectivity index (χ2v) is 8.42. The van der Waals surface area contributed by atoms with Gasteiger partial charge in [-0.15, -0.1) is 4.48 Å². The predicted molar refractivity (Wildman–Crippen MR) is 103 cm³/mol. The third-order valence-corrected chi connectivity index (χ3v) is 5.27. The summed E-state index contributed by atoms with van der Waals surface area (Å²) in [6, 6.07) is 3.87. The molecule has 1 aromatic rings. The zero-order chi connectivity index (χ0) is 19.5. The Morgan fingerprint density at radius 2 is 1.59 bits per heavy atom. The molecular formula is C20H31N4O3+. The maximum absolute atomic E-state index is 13.4. The summed E-state index contributed by atoms with van der Waals surface area (Å²) in [5.74, 6) is 0. The first-order valence-electron chi connectivity index (χ1n) is 9.87. The van der Waals surface area contributed by atoms with Crippen molar-refractivity contribution in [1.29, 1.82) is 0 Å². The van der Waals surface area contributed by atoms with Crippen molar-refractivity contribution in [2.75, 3.05) is 44.2 Å². The number of rotatable bonds is 1. The van der Waals surface area contributed by atoms with Crippen molar-refractivity contribution >= 4 is 17.8 Å². The molecule has 1 aromatic heterocycles. The number of piperidine rings is 1. The van der Waals surface area contributed by atoms with Crippen LogP contribution in [0.3, 0.4) is 0 Å². The number of quaternary nitrogens is 1. The summed E-state index contributed by atoms with van der Waals surface area (Å²) in [4.78, 5) is 34.6. The molecule has 7 nitrogen and oxygen atoms in total. The van der Waals surface area contributed by atoms with E-state index in [-0.39, 0.29) is 10.5 Å². The highest BCUT2D eigenvalue weighted by Gasteiger charge is 2.51. The lowest BCUT2D eigenvalue weighted by molar-refractivity contribution is -0.788. The Kier molecular flexibility index (Phi) is 5.69. The van der Waals surface area contributed by atoms with Crippen LogP contribution in [0.4, 0.5) is 15.3 Å². The Labute approximate surface area is 161 Å². The molecule has 2 fully saturated rings. The molecule has 7 heteroatoms. The fourth-order valence-corrected chi connectivity index (χ4v) is 3.83. The van der Waals surface area contributed by atoms with E-state index >= 15 is 0 Å². The van der Waals surface area contributed by atoms with Gasteiger partial charge in [-0.25, -0.2) is 4.79 Å². The van der Waals surface area contributed by atoms with Gasteiger partial charge in [0.15, 0.2) is 0 Å². The number of carbonyl (C=O) groups is 2. The van der Waals surface area contributed by atoms with Crippen molar-refractivity contribution in [1.82, 2.24) is 9.88 Å². The number of urea groups is 1. The van der Waals surface area contributed by atoms with E-state index in [0.717, 1.165) is 38.0 Å². The van der Waals surface area contributed by atoms with Gasteiger partial charge in [0.25, 0.3) is 0 Å². The minimum atomic E-state index is -0.597. The number of aromatic nitrogens is 1. The Morgan fingerprint density at radius 1 is 1.00 bits per heavy atom. The lowest BCUT2D eigenvalue weighted by Gasteiger charge is -2.42. The topological polar surface area (TPSA) is 62.7 Å². The summed E-state index contributed by atoms with van der Waals surface area (Å²) in [5.41, 5.74) is 0.520. The summed E-state index contributed by atoms with van der Waals surface area (Å²) in [6.07, 6.45) is 5.98. The second-order valence-electron chi connectivity index (χ2n) is 8.42. The molecule has 0 bridgehead atoms. The quantitative estimate of drug-likeness (QED) is 0.705. The normalized spacial score (nSPS) is 20.3. The van der Waals surface area contributed by atoms with Gasteiger partial charge in [0.1, 0.15) is 5.60 Å². The number of likely N-dealkylation sites (tertiary alicyclic amines) is 1. The molecule has 27 heavy (non-hydrogen) atoms. The number of hydrogen-bond acceptors (Lipinski definition) is 5. The lowest BCUT2D eigenvalue weighted by atomic mass is 10.1. The summed E-state index contributed by atoms with van der Waals surface area (Å²) in [5, 5.41) is 0. The van der Waals surface area contributed by atoms with E-state index in [4.69, 9.17) is 4.74 Å². The Hall–Kier alpha value is -2.15. The summed E-state index contributed by atoms with van der Waals surface area (Å²) < 4.78 is 5.46. The molecule has 0 aromatic carbocycles. The SMILES string of the molecule is CC(C)(C)OC(=O)[N+]1(C(=O)N2CCN(c3ccncc3)CC2)CCCCC1. The molecule has 148 valence electrons. The van der Waals surface area contributed by atoms with Gasteiger partial charge in [-0.05, 0) is 52.2 Å². The van der Waals surface area contributed by atoms with Crippen LogP contribution in [0, 0.1) is 0 Å². The molecule has 3 amide bonds. The first-order chi connectivity index (χ1) is 12.8. The highest BCUT2D eigenvalue weighted by Crippen LogP contribution is 2.27. The van der Waals surface area contributed by atoms with E-state index in [1.165, 1.54) is 0 Å². The maximum Gasteiger partial charge on any atom is 0.525 e. The van der Waals surface area contributed by atoms with Crippen LogP contribution in [0.1, 0.15) is 40.0 Å². The monoisotopic (exact) mass is 375 g/mol. The molecular weight excluding hydrogens is 344 g/mol. The van der Waals surface area contributed by atoms with Crippen LogP contribution in [0.2, 0.25) is 0 Å². The number of anilines is 1. The Balaban J connectivity index is 1.71. The van der Waals surface area contributed by atoms with Crippen LogP contribution in [-0.4, -0.2) is 71.4 Å². The first-order valence-corrected chi connectivity index (χ1v) is 9.87. The van der Waals surface area contributed by atoms with Crippen LogP contribution in [-0.2, 0) is 4.74 Å². The zero-order valence-electron chi connectivity index (χ0n) is 16.7. The average Bonchev–Trinajstić information content (AvgIpc) is 2.67. The molecule has 0 atom stereocenters. The third kappa shape index (κ3) is 4.40. The van der Waals surface area contributed by atoms with Gasteiger partial charge in [-0.2, -0.15) is 4.79 Å². The molecule has 0 saturated carbocycles. The van der Waals surface area contributed by atoms with Crippen LogP contribution in [0.5, 0.6) is 0 Å². The number of piperazine rings is 1.